The standard InChI is InChI=1S/C17H15ClN2OS/c1-2-20(16(21)11-12-7-3-4-8-13(12)18)17-19-14-9-5-6-10-15(14)22-17/h3-10H,2,11H2,1H3. The molecule has 0 radical (unpaired) electrons. The van der Waals surface area contributed by atoms with E-state index < -0.39 is 0 Å². The second kappa shape index (κ2) is 6.46. The van der Waals surface area contributed by atoms with Gasteiger partial charge < -0.3 is 0 Å². The fraction of sp³-hybridized carbons (Fsp3) is 0.176. The van der Waals surface area contributed by atoms with E-state index in [1.54, 1.807) is 11.0 Å². The molecule has 2 aromatic carbocycles. The highest BCUT2D eigenvalue weighted by Gasteiger charge is 2.19. The van der Waals surface area contributed by atoms with Gasteiger partial charge in [-0.05, 0) is 30.7 Å². The van der Waals surface area contributed by atoms with Gasteiger partial charge in [0.2, 0.25) is 5.91 Å². The van der Waals surface area contributed by atoms with Crippen LogP contribution in [0.25, 0.3) is 10.2 Å². The molecule has 3 aromatic rings. The highest BCUT2D eigenvalue weighted by molar-refractivity contribution is 7.22. The molecular weight excluding hydrogens is 316 g/mol. The molecule has 5 heteroatoms. The van der Waals surface area contributed by atoms with Crippen molar-refractivity contribution in [3.63, 3.8) is 0 Å². The monoisotopic (exact) mass is 330 g/mol. The van der Waals surface area contributed by atoms with Crippen LogP contribution in [0.3, 0.4) is 0 Å². The molecule has 0 saturated carbocycles. The van der Waals surface area contributed by atoms with Crippen molar-refractivity contribution in [1.82, 2.24) is 4.98 Å². The Hall–Kier alpha value is -1.91. The molecule has 0 atom stereocenters. The number of carbonyl (C=O) groups is 1. The molecule has 0 spiro atoms. The van der Waals surface area contributed by atoms with Crippen molar-refractivity contribution in [2.24, 2.45) is 0 Å². The first-order chi connectivity index (χ1) is 10.7. The normalized spacial score (nSPS) is 10.8. The van der Waals surface area contributed by atoms with Crippen molar-refractivity contribution in [2.45, 2.75) is 13.3 Å². The molecular formula is C17H15ClN2OS. The number of halogens is 1. The third-order valence-corrected chi connectivity index (χ3v) is 4.86. The maximum Gasteiger partial charge on any atom is 0.233 e. The summed E-state index contributed by atoms with van der Waals surface area (Å²) in [5, 5.41) is 1.36. The first kappa shape index (κ1) is 15.0. The van der Waals surface area contributed by atoms with Gasteiger partial charge in [0.05, 0.1) is 16.6 Å². The summed E-state index contributed by atoms with van der Waals surface area (Å²) in [5.41, 5.74) is 1.76. The number of thiazole rings is 1. The van der Waals surface area contributed by atoms with Gasteiger partial charge in [-0.3, -0.25) is 9.69 Å². The quantitative estimate of drug-likeness (QED) is 0.703. The van der Waals surface area contributed by atoms with Gasteiger partial charge in [-0.25, -0.2) is 4.98 Å². The molecule has 22 heavy (non-hydrogen) atoms. The number of anilines is 1. The van der Waals surface area contributed by atoms with E-state index in [-0.39, 0.29) is 12.3 Å². The van der Waals surface area contributed by atoms with E-state index in [9.17, 15) is 4.79 Å². The molecule has 1 aromatic heterocycles. The van der Waals surface area contributed by atoms with Crippen LogP contribution >= 0.6 is 22.9 Å². The molecule has 112 valence electrons. The number of aromatic nitrogens is 1. The zero-order chi connectivity index (χ0) is 15.5. The number of rotatable bonds is 4. The van der Waals surface area contributed by atoms with Gasteiger partial charge in [0, 0.05) is 11.6 Å². The Morgan fingerprint density at radius 1 is 1.18 bits per heavy atom. The molecule has 0 fully saturated rings. The smallest absolute Gasteiger partial charge is 0.233 e. The predicted octanol–water partition coefficient (Wildman–Crippen LogP) is 4.55. The molecule has 0 aliphatic carbocycles. The number of benzene rings is 2. The molecule has 0 unspecified atom stereocenters. The molecule has 3 rings (SSSR count). The Morgan fingerprint density at radius 3 is 2.64 bits per heavy atom. The van der Waals surface area contributed by atoms with Crippen molar-refractivity contribution >= 4 is 44.2 Å². The lowest BCUT2D eigenvalue weighted by molar-refractivity contribution is -0.117. The van der Waals surface area contributed by atoms with Gasteiger partial charge in [-0.15, -0.1) is 0 Å². The number of hydrogen-bond donors (Lipinski definition) is 0. The van der Waals surface area contributed by atoms with E-state index in [4.69, 9.17) is 11.6 Å². The summed E-state index contributed by atoms with van der Waals surface area (Å²) in [4.78, 5) is 18.9. The van der Waals surface area contributed by atoms with E-state index >= 15 is 0 Å². The topological polar surface area (TPSA) is 33.2 Å². The Kier molecular flexibility index (Phi) is 4.41. The molecule has 0 bridgehead atoms. The first-order valence-corrected chi connectivity index (χ1v) is 8.28. The number of carbonyl (C=O) groups excluding carboxylic acids is 1. The molecule has 1 amide bonds. The lowest BCUT2D eigenvalue weighted by atomic mass is 10.1. The summed E-state index contributed by atoms with van der Waals surface area (Å²) in [6.45, 7) is 2.54. The fourth-order valence-corrected chi connectivity index (χ4v) is 3.54. The predicted molar refractivity (Wildman–Crippen MR) is 92.8 cm³/mol. The van der Waals surface area contributed by atoms with Crippen LogP contribution in [0, 0.1) is 0 Å². The molecule has 0 aliphatic rings. The van der Waals surface area contributed by atoms with Crippen LogP contribution in [0.15, 0.2) is 48.5 Å². The van der Waals surface area contributed by atoms with Crippen molar-refractivity contribution in [1.29, 1.82) is 0 Å². The number of amides is 1. The summed E-state index contributed by atoms with van der Waals surface area (Å²) in [6.07, 6.45) is 0.281. The zero-order valence-electron chi connectivity index (χ0n) is 12.1. The SMILES string of the molecule is CCN(C(=O)Cc1ccccc1Cl)c1nc2ccccc2s1. The van der Waals surface area contributed by atoms with Crippen LogP contribution in [0.5, 0.6) is 0 Å². The van der Waals surface area contributed by atoms with Gasteiger partial charge in [-0.1, -0.05) is 53.3 Å². The third kappa shape index (κ3) is 2.98. The van der Waals surface area contributed by atoms with E-state index in [1.807, 2.05) is 49.4 Å². The van der Waals surface area contributed by atoms with E-state index in [2.05, 4.69) is 4.98 Å². The third-order valence-electron chi connectivity index (χ3n) is 3.43. The summed E-state index contributed by atoms with van der Waals surface area (Å²) in [5.74, 6) is 0.00894. The summed E-state index contributed by atoms with van der Waals surface area (Å²) in [7, 11) is 0. The van der Waals surface area contributed by atoms with Crippen molar-refractivity contribution < 1.29 is 4.79 Å². The number of fused-ring (bicyclic) bond motifs is 1. The van der Waals surface area contributed by atoms with Crippen LogP contribution < -0.4 is 4.90 Å². The van der Waals surface area contributed by atoms with Crippen LogP contribution in [0.4, 0.5) is 5.13 Å². The fourth-order valence-electron chi connectivity index (χ4n) is 2.29. The van der Waals surface area contributed by atoms with Gasteiger partial charge in [-0.2, -0.15) is 0 Å². The average molecular weight is 331 g/mol. The highest BCUT2D eigenvalue weighted by atomic mass is 35.5. The molecule has 1 heterocycles. The number of nitrogens with zero attached hydrogens (tertiary/aromatic N) is 2. The largest absolute Gasteiger partial charge is 0.288 e. The van der Waals surface area contributed by atoms with E-state index in [0.29, 0.717) is 11.6 Å². The lowest BCUT2D eigenvalue weighted by Gasteiger charge is -2.18. The number of hydrogen-bond acceptors (Lipinski definition) is 3. The summed E-state index contributed by atoms with van der Waals surface area (Å²) >= 11 is 7.68. The van der Waals surface area contributed by atoms with Gasteiger partial charge in [0.25, 0.3) is 0 Å². The Bertz CT molecular complexity index is 782. The number of para-hydroxylation sites is 1. The van der Waals surface area contributed by atoms with Gasteiger partial charge >= 0.3 is 0 Å². The Labute approximate surface area is 138 Å². The van der Waals surface area contributed by atoms with E-state index in [0.717, 1.165) is 20.9 Å². The molecule has 0 aliphatic heterocycles. The zero-order valence-corrected chi connectivity index (χ0v) is 13.7. The molecule has 0 N–H and O–H groups in total. The minimum Gasteiger partial charge on any atom is -0.288 e. The van der Waals surface area contributed by atoms with Crippen molar-refractivity contribution in [2.75, 3.05) is 11.4 Å². The van der Waals surface area contributed by atoms with Crippen LogP contribution in [-0.2, 0) is 11.2 Å². The summed E-state index contributed by atoms with van der Waals surface area (Å²) in [6, 6.07) is 15.3. The molecule has 0 saturated heterocycles. The van der Waals surface area contributed by atoms with E-state index in [1.165, 1.54) is 11.3 Å². The van der Waals surface area contributed by atoms with Gasteiger partial charge in [0.1, 0.15) is 0 Å². The summed E-state index contributed by atoms with van der Waals surface area (Å²) < 4.78 is 1.08. The van der Waals surface area contributed by atoms with Crippen molar-refractivity contribution in [3.8, 4) is 0 Å². The molecule has 3 nitrogen and oxygen atoms in total. The number of likely N-dealkylation sites (N-methyl/N-ethyl adjacent to an activating group) is 1. The second-order valence-electron chi connectivity index (χ2n) is 4.87. The minimum atomic E-state index is 0.00894. The van der Waals surface area contributed by atoms with Crippen LogP contribution in [0.2, 0.25) is 5.02 Å². The average Bonchev–Trinajstić information content (AvgIpc) is 2.94. The maximum atomic E-state index is 12.6. The van der Waals surface area contributed by atoms with Crippen LogP contribution in [-0.4, -0.2) is 17.4 Å². The first-order valence-electron chi connectivity index (χ1n) is 7.08. The lowest BCUT2D eigenvalue weighted by Crippen LogP contribution is -2.31. The van der Waals surface area contributed by atoms with Crippen molar-refractivity contribution in [3.05, 3.63) is 59.1 Å². The Balaban J connectivity index is 1.87. The maximum absolute atomic E-state index is 12.6. The highest BCUT2D eigenvalue weighted by Crippen LogP contribution is 2.29. The minimum absolute atomic E-state index is 0.00894. The second-order valence-corrected chi connectivity index (χ2v) is 6.29. The van der Waals surface area contributed by atoms with Crippen LogP contribution in [0.1, 0.15) is 12.5 Å². The van der Waals surface area contributed by atoms with Gasteiger partial charge in [0.15, 0.2) is 5.13 Å². The Morgan fingerprint density at radius 2 is 1.91 bits per heavy atom.